The third kappa shape index (κ3) is 2.51. The number of aryl methyl sites for hydroxylation is 1. The minimum absolute atomic E-state index is 0.0110. The van der Waals surface area contributed by atoms with E-state index in [0.717, 1.165) is 11.4 Å². The van der Waals surface area contributed by atoms with Gasteiger partial charge in [-0.05, 0) is 18.8 Å². The van der Waals surface area contributed by atoms with Gasteiger partial charge < -0.3 is 5.73 Å². The van der Waals surface area contributed by atoms with Gasteiger partial charge in [-0.25, -0.2) is 0 Å². The first-order valence-electron chi connectivity index (χ1n) is 5.06. The zero-order chi connectivity index (χ0) is 10.7. The van der Waals surface area contributed by atoms with Crippen LogP contribution in [-0.2, 0) is 0 Å². The summed E-state index contributed by atoms with van der Waals surface area (Å²) < 4.78 is 0. The smallest absolute Gasteiger partial charge is 0.0756 e. The Morgan fingerprint density at radius 2 is 1.79 bits per heavy atom. The molecule has 0 aliphatic rings. The van der Waals surface area contributed by atoms with Gasteiger partial charge in [0.05, 0.1) is 23.6 Å². The molecular weight excluding hydrogens is 174 g/mol. The average Bonchev–Trinajstić information content (AvgIpc) is 2.16. The second-order valence-electron chi connectivity index (χ2n) is 4.21. The normalized spacial score (nSPS) is 15.6. The standard InChI is InChI=1S/C11H19N3/c1-7(2)9(4)11(12)10-6-13-8(3)5-14-10/h5-7,9,11H,12H2,1-4H3. The van der Waals surface area contributed by atoms with Gasteiger partial charge in [0.15, 0.2) is 0 Å². The summed E-state index contributed by atoms with van der Waals surface area (Å²) in [6, 6.07) is -0.0110. The lowest BCUT2D eigenvalue weighted by Gasteiger charge is -2.22. The Morgan fingerprint density at radius 1 is 1.14 bits per heavy atom. The van der Waals surface area contributed by atoms with E-state index in [1.54, 1.807) is 12.4 Å². The molecule has 0 fully saturated rings. The van der Waals surface area contributed by atoms with Crippen molar-refractivity contribution in [1.29, 1.82) is 0 Å². The van der Waals surface area contributed by atoms with Gasteiger partial charge >= 0.3 is 0 Å². The Bertz CT molecular complexity index is 279. The van der Waals surface area contributed by atoms with Crippen molar-refractivity contribution in [3.63, 3.8) is 0 Å². The fraction of sp³-hybridized carbons (Fsp3) is 0.636. The lowest BCUT2D eigenvalue weighted by Crippen LogP contribution is -2.24. The van der Waals surface area contributed by atoms with Crippen molar-refractivity contribution in [2.24, 2.45) is 17.6 Å². The van der Waals surface area contributed by atoms with Crippen molar-refractivity contribution >= 4 is 0 Å². The molecule has 3 nitrogen and oxygen atoms in total. The molecule has 2 unspecified atom stereocenters. The van der Waals surface area contributed by atoms with Gasteiger partial charge in [0.1, 0.15) is 0 Å². The van der Waals surface area contributed by atoms with Crippen LogP contribution < -0.4 is 5.73 Å². The van der Waals surface area contributed by atoms with Crippen LogP contribution in [0.3, 0.4) is 0 Å². The summed E-state index contributed by atoms with van der Waals surface area (Å²) in [7, 11) is 0. The molecule has 1 aromatic heterocycles. The van der Waals surface area contributed by atoms with Crippen LogP contribution in [0.2, 0.25) is 0 Å². The maximum Gasteiger partial charge on any atom is 0.0756 e. The van der Waals surface area contributed by atoms with Gasteiger partial charge in [-0.15, -0.1) is 0 Å². The molecule has 0 spiro atoms. The maximum atomic E-state index is 6.09. The molecule has 14 heavy (non-hydrogen) atoms. The van der Waals surface area contributed by atoms with E-state index in [-0.39, 0.29) is 6.04 Å². The summed E-state index contributed by atoms with van der Waals surface area (Å²) in [5.74, 6) is 0.986. The van der Waals surface area contributed by atoms with Crippen LogP contribution in [0.1, 0.15) is 38.2 Å². The number of hydrogen-bond acceptors (Lipinski definition) is 3. The molecular formula is C11H19N3. The van der Waals surface area contributed by atoms with Gasteiger partial charge in [0, 0.05) is 6.20 Å². The molecule has 3 heteroatoms. The number of nitrogens with two attached hydrogens (primary N) is 1. The average molecular weight is 193 g/mol. The van der Waals surface area contributed by atoms with E-state index in [1.807, 2.05) is 6.92 Å². The first kappa shape index (κ1) is 11.1. The van der Waals surface area contributed by atoms with E-state index in [2.05, 4.69) is 30.7 Å². The molecule has 0 saturated carbocycles. The predicted octanol–water partition coefficient (Wildman–Crippen LogP) is 2.08. The minimum Gasteiger partial charge on any atom is -0.322 e. The van der Waals surface area contributed by atoms with Crippen molar-refractivity contribution in [3.05, 3.63) is 23.8 Å². The summed E-state index contributed by atoms with van der Waals surface area (Å²) in [5.41, 5.74) is 7.90. The Hall–Kier alpha value is -0.960. The molecule has 0 aliphatic carbocycles. The first-order valence-corrected chi connectivity index (χ1v) is 5.06. The van der Waals surface area contributed by atoms with Gasteiger partial charge in [-0.1, -0.05) is 20.8 Å². The highest BCUT2D eigenvalue weighted by Crippen LogP contribution is 2.23. The molecule has 0 amide bonds. The summed E-state index contributed by atoms with van der Waals surface area (Å²) in [6.07, 6.45) is 3.54. The lowest BCUT2D eigenvalue weighted by atomic mass is 9.89. The summed E-state index contributed by atoms with van der Waals surface area (Å²) in [5, 5.41) is 0. The molecule has 1 rings (SSSR count). The Labute approximate surface area is 85.8 Å². The van der Waals surface area contributed by atoms with Crippen LogP contribution in [0.25, 0.3) is 0 Å². The van der Waals surface area contributed by atoms with E-state index >= 15 is 0 Å². The van der Waals surface area contributed by atoms with Crippen molar-refractivity contribution < 1.29 is 0 Å². The van der Waals surface area contributed by atoms with Crippen molar-refractivity contribution in [2.45, 2.75) is 33.7 Å². The highest BCUT2D eigenvalue weighted by atomic mass is 14.8. The molecule has 0 saturated heterocycles. The molecule has 1 heterocycles. The van der Waals surface area contributed by atoms with Gasteiger partial charge in [-0.3, -0.25) is 9.97 Å². The van der Waals surface area contributed by atoms with Crippen LogP contribution in [0.15, 0.2) is 12.4 Å². The summed E-state index contributed by atoms with van der Waals surface area (Å²) in [6.45, 7) is 8.42. The highest BCUT2D eigenvalue weighted by Gasteiger charge is 2.19. The number of nitrogens with zero attached hydrogens (tertiary/aromatic N) is 2. The zero-order valence-electron chi connectivity index (χ0n) is 9.36. The lowest BCUT2D eigenvalue weighted by molar-refractivity contribution is 0.347. The number of rotatable bonds is 3. The molecule has 0 aromatic carbocycles. The third-order valence-corrected chi connectivity index (χ3v) is 2.76. The van der Waals surface area contributed by atoms with E-state index in [0.29, 0.717) is 11.8 Å². The fourth-order valence-corrected chi connectivity index (χ4v) is 1.26. The van der Waals surface area contributed by atoms with Crippen molar-refractivity contribution in [1.82, 2.24) is 9.97 Å². The fourth-order valence-electron chi connectivity index (χ4n) is 1.26. The highest BCUT2D eigenvalue weighted by molar-refractivity contribution is 5.06. The predicted molar refractivity (Wildman–Crippen MR) is 57.7 cm³/mol. The molecule has 0 bridgehead atoms. The van der Waals surface area contributed by atoms with E-state index < -0.39 is 0 Å². The summed E-state index contributed by atoms with van der Waals surface area (Å²) in [4.78, 5) is 8.49. The largest absolute Gasteiger partial charge is 0.322 e. The molecule has 0 radical (unpaired) electrons. The van der Waals surface area contributed by atoms with E-state index in [4.69, 9.17) is 5.73 Å². The molecule has 2 N–H and O–H groups in total. The topological polar surface area (TPSA) is 51.8 Å². The van der Waals surface area contributed by atoms with Crippen molar-refractivity contribution in [3.8, 4) is 0 Å². The van der Waals surface area contributed by atoms with Gasteiger partial charge in [-0.2, -0.15) is 0 Å². The second kappa shape index (κ2) is 4.51. The Kier molecular flexibility index (Phi) is 3.58. The van der Waals surface area contributed by atoms with Crippen LogP contribution in [-0.4, -0.2) is 9.97 Å². The van der Waals surface area contributed by atoms with Crippen LogP contribution >= 0.6 is 0 Å². The van der Waals surface area contributed by atoms with Gasteiger partial charge in [0.25, 0.3) is 0 Å². The number of aromatic nitrogens is 2. The molecule has 2 atom stereocenters. The van der Waals surface area contributed by atoms with Crippen LogP contribution in [0, 0.1) is 18.8 Å². The second-order valence-corrected chi connectivity index (χ2v) is 4.21. The zero-order valence-corrected chi connectivity index (χ0v) is 9.36. The van der Waals surface area contributed by atoms with Crippen molar-refractivity contribution in [2.75, 3.05) is 0 Å². The van der Waals surface area contributed by atoms with Crippen LogP contribution in [0.5, 0.6) is 0 Å². The van der Waals surface area contributed by atoms with Crippen LogP contribution in [0.4, 0.5) is 0 Å². The number of hydrogen-bond donors (Lipinski definition) is 1. The first-order chi connectivity index (χ1) is 6.52. The Balaban J connectivity index is 2.78. The van der Waals surface area contributed by atoms with E-state index in [1.165, 1.54) is 0 Å². The monoisotopic (exact) mass is 193 g/mol. The Morgan fingerprint density at radius 3 is 2.21 bits per heavy atom. The molecule has 0 aliphatic heterocycles. The third-order valence-electron chi connectivity index (χ3n) is 2.76. The molecule has 78 valence electrons. The quantitative estimate of drug-likeness (QED) is 0.799. The maximum absolute atomic E-state index is 6.09. The summed E-state index contributed by atoms with van der Waals surface area (Å²) >= 11 is 0. The van der Waals surface area contributed by atoms with Gasteiger partial charge in [0.2, 0.25) is 0 Å². The SMILES string of the molecule is Cc1cnc(C(N)C(C)C(C)C)cn1. The van der Waals surface area contributed by atoms with E-state index in [9.17, 15) is 0 Å². The minimum atomic E-state index is -0.0110. The molecule has 1 aromatic rings.